The smallest absolute Gasteiger partial charge is 0.124 e. The molecule has 0 aliphatic heterocycles. The first-order chi connectivity index (χ1) is 9.58. The molecule has 3 nitrogen and oxygen atoms in total. The molecule has 2 aromatic carbocycles. The van der Waals surface area contributed by atoms with E-state index in [0.717, 1.165) is 21.3 Å². The average Bonchev–Trinajstić information content (AvgIpc) is 2.46. The second-order valence-corrected chi connectivity index (χ2v) is 5.60. The van der Waals surface area contributed by atoms with E-state index >= 15 is 0 Å². The van der Waals surface area contributed by atoms with Crippen LogP contribution >= 0.6 is 15.9 Å². The average molecular weight is 335 g/mol. The lowest BCUT2D eigenvalue weighted by atomic mass is 9.95. The van der Waals surface area contributed by atoms with Crippen LogP contribution < -0.4 is 16.0 Å². The van der Waals surface area contributed by atoms with Crippen LogP contribution in [0.15, 0.2) is 40.9 Å². The number of halogens is 1. The van der Waals surface area contributed by atoms with E-state index in [1.165, 1.54) is 11.1 Å². The Bertz CT molecular complexity index is 590. The first-order valence-electron chi connectivity index (χ1n) is 6.44. The third-order valence-corrected chi connectivity index (χ3v) is 4.66. The van der Waals surface area contributed by atoms with E-state index in [1.54, 1.807) is 7.11 Å². The van der Waals surface area contributed by atoms with Gasteiger partial charge in [0.15, 0.2) is 0 Å². The van der Waals surface area contributed by atoms with Crippen LogP contribution in [0.1, 0.15) is 28.3 Å². The highest BCUT2D eigenvalue weighted by molar-refractivity contribution is 9.10. The summed E-state index contributed by atoms with van der Waals surface area (Å²) in [4.78, 5) is 0. The molecule has 1 unspecified atom stereocenters. The highest BCUT2D eigenvalue weighted by Crippen LogP contribution is 2.32. The van der Waals surface area contributed by atoms with E-state index < -0.39 is 0 Å². The van der Waals surface area contributed by atoms with E-state index in [9.17, 15) is 0 Å². The van der Waals surface area contributed by atoms with Gasteiger partial charge in [0.2, 0.25) is 0 Å². The molecular formula is C16H19BrN2O. The standard InChI is InChI=1S/C16H19BrN2O/c1-10-8-12(9-11(2)15(10)17)16(19-18)13-6-4-5-7-14(13)20-3/h4-9,16,19H,18H2,1-3H3. The van der Waals surface area contributed by atoms with E-state index in [2.05, 4.69) is 47.3 Å². The van der Waals surface area contributed by atoms with Crippen molar-refractivity contribution in [2.45, 2.75) is 19.9 Å². The zero-order chi connectivity index (χ0) is 14.7. The predicted octanol–water partition coefficient (Wildman–Crippen LogP) is 3.63. The zero-order valence-electron chi connectivity index (χ0n) is 11.9. The molecule has 0 heterocycles. The number of para-hydroxylation sites is 1. The van der Waals surface area contributed by atoms with Gasteiger partial charge in [-0.3, -0.25) is 5.84 Å². The van der Waals surface area contributed by atoms with Crippen LogP contribution in [0.5, 0.6) is 5.75 Å². The molecule has 0 aliphatic rings. The lowest BCUT2D eigenvalue weighted by Crippen LogP contribution is -2.29. The van der Waals surface area contributed by atoms with E-state index in [-0.39, 0.29) is 6.04 Å². The van der Waals surface area contributed by atoms with E-state index in [1.807, 2.05) is 24.3 Å². The second-order valence-electron chi connectivity index (χ2n) is 4.81. The van der Waals surface area contributed by atoms with Crippen LogP contribution in [0.3, 0.4) is 0 Å². The Labute approximate surface area is 128 Å². The Kier molecular flexibility index (Phi) is 4.81. The van der Waals surface area contributed by atoms with Gasteiger partial charge in [-0.25, -0.2) is 5.43 Å². The SMILES string of the molecule is COc1ccccc1C(NN)c1cc(C)c(Br)c(C)c1. The monoisotopic (exact) mass is 334 g/mol. The number of hydrogen-bond acceptors (Lipinski definition) is 3. The second kappa shape index (κ2) is 6.39. The molecule has 1 atom stereocenters. The minimum atomic E-state index is -0.100. The van der Waals surface area contributed by atoms with Crippen molar-refractivity contribution in [3.8, 4) is 5.75 Å². The number of nitrogens with two attached hydrogens (primary N) is 1. The van der Waals surface area contributed by atoms with Crippen molar-refractivity contribution < 1.29 is 4.74 Å². The largest absolute Gasteiger partial charge is 0.496 e. The lowest BCUT2D eigenvalue weighted by molar-refractivity contribution is 0.404. The normalized spacial score (nSPS) is 12.2. The summed E-state index contributed by atoms with van der Waals surface area (Å²) in [6.07, 6.45) is 0. The van der Waals surface area contributed by atoms with Gasteiger partial charge < -0.3 is 4.74 Å². The summed E-state index contributed by atoms with van der Waals surface area (Å²) in [6, 6.07) is 12.1. The van der Waals surface area contributed by atoms with E-state index in [4.69, 9.17) is 10.6 Å². The van der Waals surface area contributed by atoms with Gasteiger partial charge in [0.05, 0.1) is 13.2 Å². The molecule has 4 heteroatoms. The number of ether oxygens (including phenoxy) is 1. The fourth-order valence-corrected chi connectivity index (χ4v) is 2.65. The Morgan fingerprint density at radius 2 is 1.75 bits per heavy atom. The van der Waals surface area contributed by atoms with Gasteiger partial charge in [0, 0.05) is 10.0 Å². The molecule has 106 valence electrons. The summed E-state index contributed by atoms with van der Waals surface area (Å²) in [5, 5.41) is 0. The number of aryl methyl sites for hydroxylation is 2. The van der Waals surface area contributed by atoms with Crippen molar-refractivity contribution in [2.75, 3.05) is 7.11 Å². The van der Waals surface area contributed by atoms with E-state index in [0.29, 0.717) is 0 Å². The maximum absolute atomic E-state index is 5.78. The first kappa shape index (κ1) is 15.0. The van der Waals surface area contributed by atoms with Crippen molar-refractivity contribution in [2.24, 2.45) is 5.84 Å². The third-order valence-electron chi connectivity index (χ3n) is 3.41. The van der Waals surface area contributed by atoms with Crippen LogP contribution in [-0.2, 0) is 0 Å². The van der Waals surface area contributed by atoms with Crippen LogP contribution in [0.2, 0.25) is 0 Å². The highest BCUT2D eigenvalue weighted by atomic mass is 79.9. The highest BCUT2D eigenvalue weighted by Gasteiger charge is 2.18. The summed E-state index contributed by atoms with van der Waals surface area (Å²) in [5.41, 5.74) is 7.41. The van der Waals surface area contributed by atoms with Crippen molar-refractivity contribution in [1.82, 2.24) is 5.43 Å². The number of benzene rings is 2. The molecule has 0 spiro atoms. The first-order valence-corrected chi connectivity index (χ1v) is 7.23. The quantitative estimate of drug-likeness (QED) is 0.663. The van der Waals surface area contributed by atoms with Gasteiger partial charge >= 0.3 is 0 Å². The zero-order valence-corrected chi connectivity index (χ0v) is 13.5. The summed E-state index contributed by atoms with van der Waals surface area (Å²) < 4.78 is 6.57. The number of hydrogen-bond donors (Lipinski definition) is 2. The predicted molar refractivity (Wildman–Crippen MR) is 85.8 cm³/mol. The molecular weight excluding hydrogens is 316 g/mol. The molecule has 3 N–H and O–H groups in total. The molecule has 0 aliphatic carbocycles. The van der Waals surface area contributed by atoms with Gasteiger partial charge in [-0.2, -0.15) is 0 Å². The summed E-state index contributed by atoms with van der Waals surface area (Å²) >= 11 is 3.59. The maximum Gasteiger partial charge on any atom is 0.124 e. The van der Waals surface area contributed by atoms with Crippen LogP contribution in [0.4, 0.5) is 0 Å². The van der Waals surface area contributed by atoms with Crippen LogP contribution in [0, 0.1) is 13.8 Å². The Morgan fingerprint density at radius 3 is 2.30 bits per heavy atom. The third kappa shape index (κ3) is 2.87. The number of methoxy groups -OCH3 is 1. The molecule has 0 saturated carbocycles. The molecule has 0 radical (unpaired) electrons. The number of nitrogens with one attached hydrogen (secondary N) is 1. The van der Waals surface area contributed by atoms with Gasteiger partial charge in [-0.1, -0.05) is 46.3 Å². The molecule has 0 amide bonds. The Morgan fingerprint density at radius 1 is 1.15 bits per heavy atom. The molecule has 0 saturated heterocycles. The van der Waals surface area contributed by atoms with Gasteiger partial charge in [-0.05, 0) is 36.6 Å². The molecule has 2 aromatic rings. The van der Waals surface area contributed by atoms with Crippen molar-refractivity contribution >= 4 is 15.9 Å². The lowest BCUT2D eigenvalue weighted by Gasteiger charge is -2.21. The topological polar surface area (TPSA) is 47.3 Å². The molecule has 0 bridgehead atoms. The van der Waals surface area contributed by atoms with Gasteiger partial charge in [0.25, 0.3) is 0 Å². The van der Waals surface area contributed by atoms with Crippen LogP contribution in [0.25, 0.3) is 0 Å². The van der Waals surface area contributed by atoms with Gasteiger partial charge in [-0.15, -0.1) is 0 Å². The van der Waals surface area contributed by atoms with Crippen molar-refractivity contribution in [3.05, 3.63) is 63.1 Å². The summed E-state index contributed by atoms with van der Waals surface area (Å²) in [5.74, 6) is 6.61. The minimum absolute atomic E-state index is 0.100. The number of hydrazine groups is 1. The summed E-state index contributed by atoms with van der Waals surface area (Å²) in [6.45, 7) is 4.16. The molecule has 0 aromatic heterocycles. The Hall–Kier alpha value is -1.36. The minimum Gasteiger partial charge on any atom is -0.496 e. The summed E-state index contributed by atoms with van der Waals surface area (Å²) in [7, 11) is 1.67. The van der Waals surface area contributed by atoms with Crippen molar-refractivity contribution in [1.29, 1.82) is 0 Å². The number of rotatable bonds is 4. The fraction of sp³-hybridized carbons (Fsp3) is 0.250. The van der Waals surface area contributed by atoms with Gasteiger partial charge in [0.1, 0.15) is 5.75 Å². The molecule has 2 rings (SSSR count). The maximum atomic E-state index is 5.78. The molecule has 20 heavy (non-hydrogen) atoms. The molecule has 0 fully saturated rings. The van der Waals surface area contributed by atoms with Crippen LogP contribution in [-0.4, -0.2) is 7.11 Å². The fourth-order valence-electron chi connectivity index (χ4n) is 2.42. The Balaban J connectivity index is 2.52. The van der Waals surface area contributed by atoms with Crippen molar-refractivity contribution in [3.63, 3.8) is 0 Å².